The van der Waals surface area contributed by atoms with Crippen LogP contribution in [0.2, 0.25) is 0 Å². The lowest BCUT2D eigenvalue weighted by molar-refractivity contribution is 0.0731. The predicted octanol–water partition coefficient (Wildman–Crippen LogP) is 3.25. The number of fused-ring (bicyclic) bond motifs is 2. The van der Waals surface area contributed by atoms with Crippen molar-refractivity contribution in [2.45, 2.75) is 25.8 Å². The van der Waals surface area contributed by atoms with Crippen molar-refractivity contribution in [3.63, 3.8) is 0 Å². The van der Waals surface area contributed by atoms with Crippen LogP contribution in [0.15, 0.2) is 30.3 Å². The number of para-hydroxylation sites is 1. The monoisotopic (exact) mass is 396 g/mol. The number of nitrogens with zero attached hydrogens (tertiary/aromatic N) is 2. The fraction of sp³-hybridized carbons (Fsp3) is 0.429. The molecule has 1 aromatic carbocycles. The highest BCUT2D eigenvalue weighted by Gasteiger charge is 2.31. The van der Waals surface area contributed by atoms with Crippen LogP contribution >= 0.6 is 11.3 Å². The number of aromatic nitrogens is 2. The molecule has 1 aliphatic carbocycles. The number of H-pyrrole nitrogens is 1. The summed E-state index contributed by atoms with van der Waals surface area (Å²) in [6, 6.07) is 9.88. The van der Waals surface area contributed by atoms with Crippen LogP contribution in [0.1, 0.15) is 33.9 Å². The van der Waals surface area contributed by atoms with E-state index in [4.69, 9.17) is 4.98 Å². The van der Waals surface area contributed by atoms with Gasteiger partial charge < -0.3 is 20.3 Å². The minimum Gasteiger partial charge on any atom is -0.396 e. The van der Waals surface area contributed by atoms with Gasteiger partial charge in [-0.3, -0.25) is 4.79 Å². The Morgan fingerprint density at radius 2 is 2.25 bits per heavy atom. The van der Waals surface area contributed by atoms with Crippen molar-refractivity contribution in [2.24, 2.45) is 11.8 Å². The highest BCUT2D eigenvalue weighted by molar-refractivity contribution is 7.15. The Balaban J connectivity index is 1.27. The normalized spacial score (nSPS) is 17.5. The van der Waals surface area contributed by atoms with E-state index in [2.05, 4.69) is 10.3 Å². The fourth-order valence-corrected chi connectivity index (χ4v) is 5.00. The second kappa shape index (κ2) is 7.22. The summed E-state index contributed by atoms with van der Waals surface area (Å²) in [5, 5.41) is 14.9. The van der Waals surface area contributed by atoms with Crippen LogP contribution in [0.3, 0.4) is 0 Å². The zero-order chi connectivity index (χ0) is 19.1. The van der Waals surface area contributed by atoms with Crippen molar-refractivity contribution in [1.29, 1.82) is 0 Å². The number of thiazole rings is 1. The van der Waals surface area contributed by atoms with Crippen molar-refractivity contribution in [3.8, 4) is 0 Å². The third-order valence-electron chi connectivity index (χ3n) is 5.82. The van der Waals surface area contributed by atoms with E-state index in [0.717, 1.165) is 39.6 Å². The molecule has 146 valence electrons. The zero-order valence-electron chi connectivity index (χ0n) is 15.6. The van der Waals surface area contributed by atoms with Gasteiger partial charge in [-0.25, -0.2) is 4.98 Å². The number of rotatable bonds is 6. The van der Waals surface area contributed by atoms with Gasteiger partial charge in [0.25, 0.3) is 5.91 Å². The Bertz CT molecular complexity index is 974. The van der Waals surface area contributed by atoms with Gasteiger partial charge in [-0.05, 0) is 30.9 Å². The number of nitrogens with one attached hydrogen (secondary N) is 2. The number of aromatic amines is 1. The standard InChI is InChI=1S/C21H24N4O2S/c26-12-15(13-5-6-13)10-22-21-24-17-7-8-25(11-19(17)28-21)20(27)18-9-14-3-1-2-4-16(14)23-18/h1-4,9,13,15,23,26H,5-8,10-12H2,(H,22,24). The second-order valence-corrected chi connectivity index (χ2v) is 8.88. The molecule has 1 atom stereocenters. The SMILES string of the molecule is O=C(c1cc2ccccc2[nH]1)N1CCc2nc(NCC(CO)C3CC3)sc2C1. The number of hydrogen-bond donors (Lipinski definition) is 3. The van der Waals surface area contributed by atoms with Gasteiger partial charge in [0, 0.05) is 47.8 Å². The Kier molecular flexibility index (Phi) is 4.56. The molecule has 0 radical (unpaired) electrons. The van der Waals surface area contributed by atoms with Gasteiger partial charge in [0.1, 0.15) is 5.69 Å². The molecule has 3 aromatic rings. The summed E-state index contributed by atoms with van der Waals surface area (Å²) in [7, 11) is 0. The highest BCUT2D eigenvalue weighted by Crippen LogP contribution is 2.37. The minimum atomic E-state index is 0.0406. The fourth-order valence-electron chi connectivity index (χ4n) is 3.97. The molecule has 6 nitrogen and oxygen atoms in total. The smallest absolute Gasteiger partial charge is 0.270 e. The molecule has 1 unspecified atom stereocenters. The lowest BCUT2D eigenvalue weighted by atomic mass is 10.1. The summed E-state index contributed by atoms with van der Waals surface area (Å²) in [5.74, 6) is 1.02. The molecule has 2 aliphatic rings. The quantitative estimate of drug-likeness (QED) is 0.597. The summed E-state index contributed by atoms with van der Waals surface area (Å²) in [6.45, 7) is 2.29. The molecule has 0 bridgehead atoms. The van der Waals surface area contributed by atoms with Gasteiger partial charge >= 0.3 is 0 Å². The van der Waals surface area contributed by atoms with Crippen LogP contribution in [0, 0.1) is 11.8 Å². The number of anilines is 1. The van der Waals surface area contributed by atoms with E-state index in [1.165, 1.54) is 12.8 Å². The molecule has 1 fully saturated rings. The first kappa shape index (κ1) is 17.7. The number of carbonyl (C=O) groups is 1. The van der Waals surface area contributed by atoms with E-state index in [9.17, 15) is 9.90 Å². The first-order chi connectivity index (χ1) is 13.7. The Morgan fingerprint density at radius 3 is 3.04 bits per heavy atom. The Hall–Kier alpha value is -2.38. The molecule has 7 heteroatoms. The summed E-state index contributed by atoms with van der Waals surface area (Å²) in [6.07, 6.45) is 3.24. The van der Waals surface area contributed by atoms with E-state index in [0.29, 0.717) is 30.6 Å². The van der Waals surface area contributed by atoms with Gasteiger partial charge in [0.05, 0.1) is 12.2 Å². The number of carbonyl (C=O) groups excluding carboxylic acids is 1. The highest BCUT2D eigenvalue weighted by atomic mass is 32.1. The molecule has 3 heterocycles. The van der Waals surface area contributed by atoms with Crippen LogP contribution in [-0.4, -0.2) is 45.6 Å². The zero-order valence-corrected chi connectivity index (χ0v) is 16.5. The summed E-state index contributed by atoms with van der Waals surface area (Å²) >= 11 is 1.63. The van der Waals surface area contributed by atoms with E-state index < -0.39 is 0 Å². The molecule has 3 N–H and O–H groups in total. The molecule has 0 saturated heterocycles. The van der Waals surface area contributed by atoms with Crippen LogP contribution in [-0.2, 0) is 13.0 Å². The average Bonchev–Trinajstić information content (AvgIpc) is 3.32. The number of amides is 1. The van der Waals surface area contributed by atoms with Gasteiger partial charge in [0.15, 0.2) is 5.13 Å². The van der Waals surface area contributed by atoms with Crippen LogP contribution in [0.4, 0.5) is 5.13 Å². The maximum Gasteiger partial charge on any atom is 0.270 e. The lowest BCUT2D eigenvalue weighted by Gasteiger charge is -2.25. The second-order valence-electron chi connectivity index (χ2n) is 7.80. The van der Waals surface area contributed by atoms with Gasteiger partial charge in [-0.2, -0.15) is 0 Å². The van der Waals surface area contributed by atoms with Crippen molar-refractivity contribution in [3.05, 3.63) is 46.6 Å². The van der Waals surface area contributed by atoms with E-state index >= 15 is 0 Å². The Labute approximate surface area is 167 Å². The summed E-state index contributed by atoms with van der Waals surface area (Å²) in [5.41, 5.74) is 2.73. The number of aliphatic hydroxyl groups excluding tert-OH is 1. The molecule has 2 aromatic heterocycles. The minimum absolute atomic E-state index is 0.0406. The number of aliphatic hydroxyl groups is 1. The van der Waals surface area contributed by atoms with Crippen molar-refractivity contribution < 1.29 is 9.90 Å². The van der Waals surface area contributed by atoms with Gasteiger partial charge in [-0.1, -0.05) is 29.5 Å². The maximum absolute atomic E-state index is 13.0. The first-order valence-corrected chi connectivity index (χ1v) is 10.7. The molecule has 1 saturated carbocycles. The van der Waals surface area contributed by atoms with Crippen LogP contribution in [0.5, 0.6) is 0 Å². The average molecular weight is 397 g/mol. The van der Waals surface area contributed by atoms with Crippen molar-refractivity contribution in [2.75, 3.05) is 25.0 Å². The topological polar surface area (TPSA) is 81.2 Å². The molecule has 1 amide bonds. The molecule has 28 heavy (non-hydrogen) atoms. The van der Waals surface area contributed by atoms with Gasteiger partial charge in [0.2, 0.25) is 0 Å². The predicted molar refractivity (Wildman–Crippen MR) is 111 cm³/mol. The lowest BCUT2D eigenvalue weighted by Crippen LogP contribution is -2.35. The van der Waals surface area contributed by atoms with Crippen LogP contribution < -0.4 is 5.32 Å². The molecular weight excluding hydrogens is 372 g/mol. The van der Waals surface area contributed by atoms with E-state index in [-0.39, 0.29) is 12.5 Å². The van der Waals surface area contributed by atoms with Crippen molar-refractivity contribution >= 4 is 33.3 Å². The molecule has 5 rings (SSSR count). The third kappa shape index (κ3) is 3.40. The van der Waals surface area contributed by atoms with Crippen molar-refractivity contribution in [1.82, 2.24) is 14.9 Å². The van der Waals surface area contributed by atoms with Gasteiger partial charge in [-0.15, -0.1) is 0 Å². The molecular formula is C21H24N4O2S. The first-order valence-electron chi connectivity index (χ1n) is 9.91. The Morgan fingerprint density at radius 1 is 1.39 bits per heavy atom. The maximum atomic E-state index is 13.0. The largest absolute Gasteiger partial charge is 0.396 e. The summed E-state index contributed by atoms with van der Waals surface area (Å²) in [4.78, 5) is 24.0. The molecule has 1 aliphatic heterocycles. The molecule has 0 spiro atoms. The summed E-state index contributed by atoms with van der Waals surface area (Å²) < 4.78 is 0. The van der Waals surface area contributed by atoms with E-state index in [1.807, 2.05) is 35.2 Å². The van der Waals surface area contributed by atoms with Crippen LogP contribution in [0.25, 0.3) is 10.9 Å². The number of benzene rings is 1. The van der Waals surface area contributed by atoms with E-state index in [1.54, 1.807) is 11.3 Å². The number of hydrogen-bond acceptors (Lipinski definition) is 5. The third-order valence-corrected chi connectivity index (χ3v) is 6.86.